The lowest BCUT2D eigenvalue weighted by atomic mass is 10.1. The third kappa shape index (κ3) is 4.80. The van der Waals surface area contributed by atoms with E-state index in [0.717, 1.165) is 42.3 Å². The van der Waals surface area contributed by atoms with Gasteiger partial charge in [-0.1, -0.05) is 29.8 Å². The number of likely N-dealkylation sites (tertiary alicyclic amines) is 1. The Balaban J connectivity index is 1.31. The number of amides is 1. The number of anilines is 1. The van der Waals surface area contributed by atoms with Crippen LogP contribution < -0.4 is 9.62 Å². The van der Waals surface area contributed by atoms with Crippen LogP contribution in [0.25, 0.3) is 10.8 Å². The van der Waals surface area contributed by atoms with Gasteiger partial charge < -0.3 is 4.90 Å². The Morgan fingerprint density at radius 1 is 1.00 bits per heavy atom. The smallest absolute Gasteiger partial charge is 0.245 e. The van der Waals surface area contributed by atoms with Gasteiger partial charge in [-0.05, 0) is 92.0 Å². The Morgan fingerprint density at radius 3 is 2.46 bits per heavy atom. The molecule has 2 unspecified atom stereocenters. The first-order valence-corrected chi connectivity index (χ1v) is 13.7. The molecular weight excluding hydrogens is 489 g/mol. The van der Waals surface area contributed by atoms with Crippen molar-refractivity contribution < 1.29 is 17.6 Å². The topological polar surface area (TPSA) is 69.7 Å². The fourth-order valence-corrected chi connectivity index (χ4v) is 6.43. The minimum atomic E-state index is -3.95. The van der Waals surface area contributed by atoms with Crippen LogP contribution in [0.15, 0.2) is 59.5 Å². The number of hydrogen-bond acceptors (Lipinski definition) is 4. The summed E-state index contributed by atoms with van der Waals surface area (Å²) in [4.78, 5) is 16.8. The summed E-state index contributed by atoms with van der Waals surface area (Å²) in [7, 11) is -3.95. The fraction of sp³-hybridized carbons (Fsp3) is 0.346. The Morgan fingerprint density at radius 2 is 1.71 bits per heavy atom. The summed E-state index contributed by atoms with van der Waals surface area (Å²) in [5.41, 5.74) is 1.05. The van der Waals surface area contributed by atoms with Gasteiger partial charge in [0.2, 0.25) is 15.9 Å². The monoisotopic (exact) mass is 515 g/mol. The van der Waals surface area contributed by atoms with Crippen molar-refractivity contribution in [1.29, 1.82) is 0 Å². The van der Waals surface area contributed by atoms with E-state index in [2.05, 4.69) is 16.5 Å². The second-order valence-electron chi connectivity index (χ2n) is 9.24. The van der Waals surface area contributed by atoms with Gasteiger partial charge in [-0.25, -0.2) is 12.8 Å². The molecule has 0 bridgehead atoms. The van der Waals surface area contributed by atoms with Crippen LogP contribution in [-0.4, -0.2) is 44.9 Å². The van der Waals surface area contributed by atoms with Crippen molar-refractivity contribution in [1.82, 2.24) is 9.62 Å². The van der Waals surface area contributed by atoms with Crippen LogP contribution in [0.2, 0.25) is 5.02 Å². The Hall–Kier alpha value is -2.52. The predicted molar refractivity (Wildman–Crippen MR) is 136 cm³/mol. The lowest BCUT2D eigenvalue weighted by molar-refractivity contribution is -0.118. The van der Waals surface area contributed by atoms with Crippen molar-refractivity contribution in [2.45, 2.75) is 43.2 Å². The minimum Gasteiger partial charge on any atom is -0.308 e. The van der Waals surface area contributed by atoms with E-state index in [9.17, 15) is 13.2 Å². The molecule has 0 radical (unpaired) electrons. The Bertz CT molecular complexity index is 1390. The molecule has 2 aliphatic rings. The molecule has 9 heteroatoms. The molecule has 35 heavy (non-hydrogen) atoms. The molecule has 2 saturated heterocycles. The fourth-order valence-electron chi connectivity index (χ4n) is 4.99. The van der Waals surface area contributed by atoms with Crippen LogP contribution in [0.3, 0.4) is 0 Å². The van der Waals surface area contributed by atoms with Crippen LogP contribution >= 0.6 is 11.6 Å². The Kier molecular flexibility index (Phi) is 6.57. The predicted octanol–water partition coefficient (Wildman–Crippen LogP) is 4.87. The summed E-state index contributed by atoms with van der Waals surface area (Å²) < 4.78 is 43.6. The minimum absolute atomic E-state index is 0.0602. The van der Waals surface area contributed by atoms with Gasteiger partial charge in [0, 0.05) is 17.6 Å². The summed E-state index contributed by atoms with van der Waals surface area (Å²) in [5, 5.41) is 2.10. The van der Waals surface area contributed by atoms with E-state index in [1.165, 1.54) is 17.0 Å². The largest absolute Gasteiger partial charge is 0.308 e. The summed E-state index contributed by atoms with van der Waals surface area (Å²) in [5.74, 6) is -0.931. The van der Waals surface area contributed by atoms with Crippen LogP contribution in [-0.2, 0) is 14.8 Å². The van der Waals surface area contributed by atoms with Crippen molar-refractivity contribution >= 4 is 44.0 Å². The first-order valence-electron chi connectivity index (χ1n) is 11.8. The third-order valence-electron chi connectivity index (χ3n) is 7.02. The quantitative estimate of drug-likeness (QED) is 0.508. The van der Waals surface area contributed by atoms with Crippen molar-refractivity contribution in [2.24, 2.45) is 0 Å². The number of rotatable bonds is 6. The van der Waals surface area contributed by atoms with Crippen molar-refractivity contribution in [3.05, 3.63) is 71.0 Å². The molecule has 2 fully saturated rings. The summed E-state index contributed by atoms with van der Waals surface area (Å²) in [6.07, 6.45) is 2.56. The van der Waals surface area contributed by atoms with E-state index in [4.69, 9.17) is 11.6 Å². The van der Waals surface area contributed by atoms with E-state index in [1.54, 1.807) is 36.4 Å². The number of fused-ring (bicyclic) bond motifs is 1. The molecule has 3 aromatic rings. The third-order valence-corrected chi connectivity index (χ3v) is 8.72. The lowest BCUT2D eigenvalue weighted by Crippen LogP contribution is -2.41. The highest BCUT2D eigenvalue weighted by atomic mass is 35.5. The maximum atomic E-state index is 15.1. The molecule has 0 aliphatic carbocycles. The van der Waals surface area contributed by atoms with Gasteiger partial charge in [-0.15, -0.1) is 0 Å². The number of sulfonamides is 1. The second-order valence-corrected chi connectivity index (χ2v) is 11.4. The SMILES string of the molecule is CC(c1ccc(N2CCC(NS(=O)(=O)c3ccc4cc(Cl)ccc4c3)C2=O)c(F)c1)N1CCCC1. The summed E-state index contributed by atoms with van der Waals surface area (Å²) in [6.45, 7) is 4.30. The highest BCUT2D eigenvalue weighted by Crippen LogP contribution is 2.31. The van der Waals surface area contributed by atoms with Gasteiger partial charge >= 0.3 is 0 Å². The molecule has 6 nitrogen and oxygen atoms in total. The number of nitrogens with zero attached hydrogens (tertiary/aromatic N) is 2. The standard InChI is InChI=1S/C26H27ClFN3O3S/c1-17(30-11-2-3-12-30)18-6-9-25(23(28)16-18)31-13-10-24(26(31)32)29-35(33,34)22-8-5-19-14-21(27)7-4-20(19)15-22/h4-9,14-17,24,29H,2-3,10-13H2,1H3. The zero-order chi connectivity index (χ0) is 24.7. The normalized spacial score (nSPS) is 20.1. The number of carbonyl (C=O) groups excluding carboxylic acids is 1. The highest BCUT2D eigenvalue weighted by Gasteiger charge is 2.37. The molecule has 2 aliphatic heterocycles. The highest BCUT2D eigenvalue weighted by molar-refractivity contribution is 7.89. The van der Waals surface area contributed by atoms with Crippen molar-refractivity contribution in [3.8, 4) is 0 Å². The van der Waals surface area contributed by atoms with Gasteiger partial charge in [0.05, 0.1) is 10.6 Å². The van der Waals surface area contributed by atoms with Crippen LogP contribution in [0.1, 0.15) is 37.8 Å². The number of carbonyl (C=O) groups is 1. The zero-order valence-electron chi connectivity index (χ0n) is 19.4. The molecule has 1 amide bonds. The molecule has 5 rings (SSSR count). The molecule has 1 N–H and O–H groups in total. The van der Waals surface area contributed by atoms with Crippen LogP contribution in [0.4, 0.5) is 10.1 Å². The number of benzene rings is 3. The van der Waals surface area contributed by atoms with Crippen molar-refractivity contribution in [3.63, 3.8) is 0 Å². The summed E-state index contributed by atoms with van der Waals surface area (Å²) in [6, 6.07) is 14.0. The zero-order valence-corrected chi connectivity index (χ0v) is 20.9. The number of halogens is 2. The molecule has 3 aromatic carbocycles. The first-order chi connectivity index (χ1) is 16.7. The van der Waals surface area contributed by atoms with E-state index in [1.807, 2.05) is 6.07 Å². The number of hydrogen-bond donors (Lipinski definition) is 1. The van der Waals surface area contributed by atoms with Crippen LogP contribution in [0, 0.1) is 5.82 Å². The summed E-state index contributed by atoms with van der Waals surface area (Å²) >= 11 is 6.01. The van der Waals surface area contributed by atoms with Gasteiger partial charge in [-0.2, -0.15) is 4.72 Å². The molecular formula is C26H27ClFN3O3S. The van der Waals surface area contributed by atoms with Gasteiger partial charge in [-0.3, -0.25) is 9.69 Å². The van der Waals surface area contributed by atoms with E-state index in [-0.39, 0.29) is 29.6 Å². The maximum Gasteiger partial charge on any atom is 0.245 e. The maximum absolute atomic E-state index is 15.1. The molecule has 2 atom stereocenters. The molecule has 0 aromatic heterocycles. The number of nitrogens with one attached hydrogen (secondary N) is 1. The van der Waals surface area contributed by atoms with Gasteiger partial charge in [0.25, 0.3) is 0 Å². The molecule has 184 valence electrons. The molecule has 0 spiro atoms. The molecule has 2 heterocycles. The average molecular weight is 516 g/mol. The second kappa shape index (κ2) is 9.50. The first kappa shape index (κ1) is 24.2. The van der Waals surface area contributed by atoms with Gasteiger partial charge in [0.1, 0.15) is 11.9 Å². The van der Waals surface area contributed by atoms with Crippen LogP contribution in [0.5, 0.6) is 0 Å². The van der Waals surface area contributed by atoms with E-state index < -0.39 is 27.8 Å². The van der Waals surface area contributed by atoms with Gasteiger partial charge in [0.15, 0.2) is 0 Å². The van der Waals surface area contributed by atoms with E-state index in [0.29, 0.717) is 5.02 Å². The molecule has 0 saturated carbocycles. The van der Waals surface area contributed by atoms with Crippen molar-refractivity contribution in [2.75, 3.05) is 24.5 Å². The van der Waals surface area contributed by atoms with E-state index >= 15 is 4.39 Å². The Labute approximate surface area is 209 Å². The average Bonchev–Trinajstić information content (AvgIpc) is 3.49. The lowest BCUT2D eigenvalue weighted by Gasteiger charge is -2.25.